The largest absolute Gasteiger partial charge is 0.466 e. The molecule has 8 heteroatoms. The lowest BCUT2D eigenvalue weighted by molar-refractivity contribution is -0.149. The van der Waals surface area contributed by atoms with Crippen LogP contribution in [0.4, 0.5) is 5.69 Å². The van der Waals surface area contributed by atoms with E-state index in [0.29, 0.717) is 26.1 Å². The van der Waals surface area contributed by atoms with Crippen LogP contribution >= 0.6 is 24.0 Å². The van der Waals surface area contributed by atoms with Crippen LogP contribution in [0.25, 0.3) is 0 Å². The van der Waals surface area contributed by atoms with Crippen LogP contribution in [0.2, 0.25) is 0 Å². The number of nitrogens with zero attached hydrogens (tertiary/aromatic N) is 2. The summed E-state index contributed by atoms with van der Waals surface area (Å²) < 4.78 is 5.20. The van der Waals surface area contributed by atoms with Crippen molar-refractivity contribution in [3.63, 3.8) is 0 Å². The second-order valence-corrected chi connectivity index (χ2v) is 7.20. The number of guanidine groups is 1. The molecule has 0 aliphatic carbocycles. The van der Waals surface area contributed by atoms with E-state index in [1.54, 1.807) is 0 Å². The van der Waals surface area contributed by atoms with Gasteiger partial charge in [-0.15, -0.1) is 24.0 Å². The Balaban J connectivity index is 0.00000450. The fourth-order valence-corrected chi connectivity index (χ4v) is 3.36. The van der Waals surface area contributed by atoms with Gasteiger partial charge in [0.15, 0.2) is 5.96 Å². The number of aliphatic imine (C=N–C) groups is 1. The third kappa shape index (κ3) is 8.49. The van der Waals surface area contributed by atoms with Crippen molar-refractivity contribution < 1.29 is 14.3 Å². The number of amides is 1. The molecular formula is C22H35IN4O3. The molecule has 1 heterocycles. The van der Waals surface area contributed by atoms with E-state index in [2.05, 4.69) is 15.5 Å². The average Bonchev–Trinajstić information content (AvgIpc) is 2.72. The quantitative estimate of drug-likeness (QED) is 0.231. The molecule has 1 fully saturated rings. The summed E-state index contributed by atoms with van der Waals surface area (Å²) in [5, 5.41) is 6.23. The summed E-state index contributed by atoms with van der Waals surface area (Å²) in [5.74, 6) is 0.642. The molecule has 1 aliphatic rings. The molecule has 0 bridgehead atoms. The molecule has 1 saturated heterocycles. The van der Waals surface area contributed by atoms with Crippen LogP contribution in [-0.4, -0.2) is 49.0 Å². The Morgan fingerprint density at radius 1 is 1.20 bits per heavy atom. The van der Waals surface area contributed by atoms with Gasteiger partial charge in [-0.3, -0.25) is 9.59 Å². The molecule has 1 aromatic rings. The van der Waals surface area contributed by atoms with Crippen molar-refractivity contribution in [2.75, 3.05) is 31.6 Å². The number of ether oxygens (including phenoxy) is 1. The van der Waals surface area contributed by atoms with Crippen LogP contribution in [-0.2, 0) is 20.9 Å². The van der Waals surface area contributed by atoms with E-state index >= 15 is 0 Å². The molecule has 1 unspecified atom stereocenters. The third-order valence-corrected chi connectivity index (χ3v) is 4.80. The van der Waals surface area contributed by atoms with Gasteiger partial charge in [-0.05, 0) is 50.8 Å². The second-order valence-electron chi connectivity index (χ2n) is 7.20. The Morgan fingerprint density at radius 3 is 2.57 bits per heavy atom. The van der Waals surface area contributed by atoms with Crippen molar-refractivity contribution in [2.24, 2.45) is 10.9 Å². The van der Waals surface area contributed by atoms with Gasteiger partial charge in [-0.1, -0.05) is 19.1 Å². The first-order chi connectivity index (χ1) is 14.1. The zero-order valence-corrected chi connectivity index (χ0v) is 20.6. The molecule has 168 valence electrons. The minimum atomic E-state index is -0.117. The number of anilines is 1. The highest BCUT2D eigenvalue weighted by molar-refractivity contribution is 14.0. The molecule has 7 nitrogen and oxygen atoms in total. The van der Waals surface area contributed by atoms with Gasteiger partial charge in [0, 0.05) is 31.7 Å². The van der Waals surface area contributed by atoms with Gasteiger partial charge in [-0.2, -0.15) is 0 Å². The Bertz CT molecular complexity index is 694. The van der Waals surface area contributed by atoms with Gasteiger partial charge < -0.3 is 20.3 Å². The second kappa shape index (κ2) is 14.2. The smallest absolute Gasteiger partial charge is 0.310 e. The third-order valence-electron chi connectivity index (χ3n) is 4.80. The number of nitrogens with one attached hydrogen (secondary N) is 2. The number of esters is 1. The molecular weight excluding hydrogens is 495 g/mol. The minimum Gasteiger partial charge on any atom is -0.466 e. The first-order valence-corrected chi connectivity index (χ1v) is 10.7. The molecule has 1 aromatic carbocycles. The number of carbonyl (C=O) groups is 2. The van der Waals surface area contributed by atoms with E-state index < -0.39 is 0 Å². The van der Waals surface area contributed by atoms with Crippen LogP contribution < -0.4 is 10.6 Å². The SMILES string of the molecule is CCCC(=O)Nc1ccc(CN=C(NCC)N2CCCC(C(=O)OCC)C2)cc1.I. The summed E-state index contributed by atoms with van der Waals surface area (Å²) in [6.07, 6.45) is 3.17. The first-order valence-electron chi connectivity index (χ1n) is 10.7. The first kappa shape index (κ1) is 26.2. The van der Waals surface area contributed by atoms with Gasteiger partial charge in [0.05, 0.1) is 19.1 Å². The number of likely N-dealkylation sites (tertiary alicyclic amines) is 1. The van der Waals surface area contributed by atoms with E-state index in [1.165, 1.54) is 0 Å². The lowest BCUT2D eigenvalue weighted by Crippen LogP contribution is -2.48. The lowest BCUT2D eigenvalue weighted by atomic mass is 9.98. The standard InChI is InChI=1S/C22H34N4O3.HI/c1-4-8-20(27)25-19-12-10-17(11-13-19)15-24-22(23-5-2)26-14-7-9-18(16-26)21(28)29-6-3;/h10-13,18H,4-9,14-16H2,1-3H3,(H,23,24)(H,25,27);1H. The molecule has 1 atom stereocenters. The number of halogens is 1. The van der Waals surface area contributed by atoms with Crippen molar-refractivity contribution in [2.45, 2.75) is 53.0 Å². The molecule has 2 rings (SSSR count). The number of rotatable bonds is 8. The Labute approximate surface area is 197 Å². The molecule has 0 saturated carbocycles. The highest BCUT2D eigenvalue weighted by atomic mass is 127. The van der Waals surface area contributed by atoms with Gasteiger partial charge in [0.1, 0.15) is 0 Å². The zero-order valence-electron chi connectivity index (χ0n) is 18.3. The Hall–Kier alpha value is -1.84. The summed E-state index contributed by atoms with van der Waals surface area (Å²) in [6, 6.07) is 7.77. The fraction of sp³-hybridized carbons (Fsp3) is 0.591. The molecule has 1 aliphatic heterocycles. The fourth-order valence-electron chi connectivity index (χ4n) is 3.36. The van der Waals surface area contributed by atoms with Crippen LogP contribution in [0, 0.1) is 5.92 Å². The summed E-state index contributed by atoms with van der Waals surface area (Å²) in [4.78, 5) is 30.7. The average molecular weight is 530 g/mol. The van der Waals surface area contributed by atoms with Crippen molar-refractivity contribution in [3.8, 4) is 0 Å². The topological polar surface area (TPSA) is 83.0 Å². The van der Waals surface area contributed by atoms with Crippen LogP contribution in [0.15, 0.2) is 29.3 Å². The van der Waals surface area contributed by atoms with Crippen molar-refractivity contribution in [1.29, 1.82) is 0 Å². The molecule has 2 N–H and O–H groups in total. The maximum atomic E-state index is 12.1. The monoisotopic (exact) mass is 530 g/mol. The van der Waals surface area contributed by atoms with E-state index in [1.807, 2.05) is 45.0 Å². The van der Waals surface area contributed by atoms with Crippen LogP contribution in [0.5, 0.6) is 0 Å². The van der Waals surface area contributed by atoms with Crippen LogP contribution in [0.1, 0.15) is 52.0 Å². The highest BCUT2D eigenvalue weighted by Crippen LogP contribution is 2.18. The lowest BCUT2D eigenvalue weighted by Gasteiger charge is -2.34. The van der Waals surface area contributed by atoms with Crippen LogP contribution in [0.3, 0.4) is 0 Å². The summed E-state index contributed by atoms with van der Waals surface area (Å²) >= 11 is 0. The number of piperidine rings is 1. The molecule has 0 aromatic heterocycles. The molecule has 30 heavy (non-hydrogen) atoms. The normalized spacial score (nSPS) is 16.4. The summed E-state index contributed by atoms with van der Waals surface area (Å²) in [5.41, 5.74) is 1.87. The van der Waals surface area contributed by atoms with Gasteiger partial charge >= 0.3 is 5.97 Å². The number of carbonyl (C=O) groups excluding carboxylic acids is 2. The van der Waals surface area contributed by atoms with E-state index in [9.17, 15) is 9.59 Å². The minimum absolute atomic E-state index is 0. The Kier molecular flexibility index (Phi) is 12.4. The van der Waals surface area contributed by atoms with E-state index in [-0.39, 0.29) is 41.8 Å². The predicted octanol–water partition coefficient (Wildman–Crippen LogP) is 3.78. The number of hydrogen-bond acceptors (Lipinski definition) is 4. The number of hydrogen-bond donors (Lipinski definition) is 2. The zero-order chi connectivity index (χ0) is 21.1. The molecule has 0 spiro atoms. The number of benzene rings is 1. The van der Waals surface area contributed by atoms with Crippen molar-refractivity contribution >= 4 is 47.5 Å². The molecule has 0 radical (unpaired) electrons. The maximum Gasteiger partial charge on any atom is 0.310 e. The molecule has 1 amide bonds. The van der Waals surface area contributed by atoms with Crippen molar-refractivity contribution in [1.82, 2.24) is 10.2 Å². The van der Waals surface area contributed by atoms with E-state index in [4.69, 9.17) is 9.73 Å². The summed E-state index contributed by atoms with van der Waals surface area (Å²) in [6.45, 7) is 9.09. The van der Waals surface area contributed by atoms with Gasteiger partial charge in [0.25, 0.3) is 0 Å². The van der Waals surface area contributed by atoms with Crippen molar-refractivity contribution in [3.05, 3.63) is 29.8 Å². The van der Waals surface area contributed by atoms with E-state index in [0.717, 1.165) is 49.6 Å². The predicted molar refractivity (Wildman–Crippen MR) is 131 cm³/mol. The van der Waals surface area contributed by atoms with Gasteiger partial charge in [-0.25, -0.2) is 4.99 Å². The Morgan fingerprint density at radius 2 is 1.93 bits per heavy atom. The van der Waals surface area contributed by atoms with Gasteiger partial charge in [0.2, 0.25) is 5.91 Å². The summed E-state index contributed by atoms with van der Waals surface area (Å²) in [7, 11) is 0. The maximum absolute atomic E-state index is 12.1. The highest BCUT2D eigenvalue weighted by Gasteiger charge is 2.28.